The third kappa shape index (κ3) is 4.29. The number of Topliss-reactive ketones (excluding diaryl/α,β-unsaturated/α-hetero) is 1. The number of benzene rings is 1. The maximum atomic E-state index is 13.1. The lowest BCUT2D eigenvalue weighted by molar-refractivity contribution is -0.907. The third-order valence-electron chi connectivity index (χ3n) is 5.39. The molecule has 0 spiro atoms. The zero-order valence-electron chi connectivity index (χ0n) is 17.7. The topological polar surface area (TPSA) is 82.1 Å². The van der Waals surface area contributed by atoms with Crippen LogP contribution in [0.3, 0.4) is 0 Å². The number of ether oxygens (including phenoxy) is 3. The van der Waals surface area contributed by atoms with E-state index in [1.54, 1.807) is 20.8 Å². The number of nitrogens with one attached hydrogen (secondary N) is 2. The molecule has 3 rings (SSSR count). The van der Waals surface area contributed by atoms with Crippen molar-refractivity contribution in [3.8, 4) is 11.5 Å². The molecule has 1 aromatic heterocycles. The molecule has 2 atom stereocenters. The zero-order valence-corrected chi connectivity index (χ0v) is 17.7. The molecule has 1 aliphatic heterocycles. The summed E-state index contributed by atoms with van der Waals surface area (Å²) in [7, 11) is 1.98. The SMILES string of the molecule is CCOC(=O)c1c(C)[nH]c(C(=O)[C@@H](C)[NH+](C)Cc2ccc3c(c2)OCCO3)c1C. The van der Waals surface area contributed by atoms with Crippen LogP contribution in [0.1, 0.15) is 51.5 Å². The first-order valence-corrected chi connectivity index (χ1v) is 9.94. The Balaban J connectivity index is 1.74. The lowest BCUT2D eigenvalue weighted by atomic mass is 10.0. The van der Waals surface area contributed by atoms with Gasteiger partial charge in [-0.2, -0.15) is 0 Å². The first kappa shape index (κ1) is 20.9. The van der Waals surface area contributed by atoms with Crippen molar-refractivity contribution in [1.82, 2.24) is 4.98 Å². The van der Waals surface area contributed by atoms with Crippen molar-refractivity contribution >= 4 is 11.8 Å². The van der Waals surface area contributed by atoms with Gasteiger partial charge in [-0.1, -0.05) is 0 Å². The van der Waals surface area contributed by atoms with Gasteiger partial charge in [0.05, 0.1) is 24.9 Å². The highest BCUT2D eigenvalue weighted by molar-refractivity contribution is 6.03. The van der Waals surface area contributed by atoms with Crippen molar-refractivity contribution in [3.05, 3.63) is 46.3 Å². The smallest absolute Gasteiger partial charge is 0.340 e. The number of hydrogen-bond acceptors (Lipinski definition) is 5. The van der Waals surface area contributed by atoms with E-state index in [-0.39, 0.29) is 11.8 Å². The number of aryl methyl sites for hydroxylation is 1. The van der Waals surface area contributed by atoms with Gasteiger partial charge in [-0.3, -0.25) is 4.79 Å². The lowest BCUT2D eigenvalue weighted by Crippen LogP contribution is -3.12. The third-order valence-corrected chi connectivity index (χ3v) is 5.39. The second-order valence-corrected chi connectivity index (χ2v) is 7.43. The predicted molar refractivity (Wildman–Crippen MR) is 108 cm³/mol. The van der Waals surface area contributed by atoms with Crippen molar-refractivity contribution in [3.63, 3.8) is 0 Å². The summed E-state index contributed by atoms with van der Waals surface area (Å²) in [4.78, 5) is 29.5. The highest BCUT2D eigenvalue weighted by atomic mass is 16.6. The molecule has 156 valence electrons. The average molecular weight is 401 g/mol. The molecule has 1 aliphatic rings. The van der Waals surface area contributed by atoms with E-state index in [0.717, 1.165) is 22.0 Å². The van der Waals surface area contributed by atoms with E-state index in [1.807, 2.05) is 32.2 Å². The van der Waals surface area contributed by atoms with Gasteiger partial charge in [-0.25, -0.2) is 4.79 Å². The van der Waals surface area contributed by atoms with Gasteiger partial charge < -0.3 is 24.1 Å². The van der Waals surface area contributed by atoms with E-state index >= 15 is 0 Å². The standard InChI is InChI=1S/C22H28N2O5/c1-6-27-22(26)19-13(2)20(23-14(19)3)21(25)15(4)24(5)12-16-7-8-17-18(11-16)29-10-9-28-17/h7-8,11,15,23H,6,9-10,12H2,1-5H3/p+1/t15-/m1/s1. The van der Waals surface area contributed by atoms with E-state index in [1.165, 1.54) is 0 Å². The van der Waals surface area contributed by atoms with Crippen molar-refractivity contribution in [2.24, 2.45) is 0 Å². The van der Waals surface area contributed by atoms with Crippen LogP contribution in [0.2, 0.25) is 0 Å². The van der Waals surface area contributed by atoms with Gasteiger partial charge in [0.2, 0.25) is 5.78 Å². The summed E-state index contributed by atoms with van der Waals surface area (Å²) in [6.07, 6.45) is 0. The Labute approximate surface area is 170 Å². The number of esters is 1. The van der Waals surface area contributed by atoms with Gasteiger partial charge in [0.1, 0.15) is 19.8 Å². The molecule has 2 heterocycles. The lowest BCUT2D eigenvalue weighted by Gasteiger charge is -2.22. The summed E-state index contributed by atoms with van der Waals surface area (Å²) in [5, 5.41) is 0. The molecule has 0 bridgehead atoms. The summed E-state index contributed by atoms with van der Waals surface area (Å²) in [5.41, 5.74) is 3.29. The number of carbonyl (C=O) groups excluding carboxylic acids is 2. The fraction of sp³-hybridized carbons (Fsp3) is 0.455. The second-order valence-electron chi connectivity index (χ2n) is 7.43. The molecule has 0 fully saturated rings. The average Bonchev–Trinajstić information content (AvgIpc) is 3.01. The minimum atomic E-state index is -0.401. The van der Waals surface area contributed by atoms with E-state index in [0.29, 0.717) is 48.9 Å². The number of quaternary nitrogens is 1. The van der Waals surface area contributed by atoms with Crippen LogP contribution in [0.25, 0.3) is 0 Å². The Hall–Kier alpha value is -2.80. The Kier molecular flexibility index (Phi) is 6.27. The van der Waals surface area contributed by atoms with E-state index < -0.39 is 5.97 Å². The van der Waals surface area contributed by atoms with Crippen LogP contribution in [-0.4, -0.2) is 49.6 Å². The van der Waals surface area contributed by atoms with Crippen molar-refractivity contribution in [2.45, 2.75) is 40.3 Å². The summed E-state index contributed by atoms with van der Waals surface area (Å²) in [5.74, 6) is 1.07. The molecule has 29 heavy (non-hydrogen) atoms. The first-order chi connectivity index (χ1) is 13.8. The fourth-order valence-electron chi connectivity index (χ4n) is 3.62. The summed E-state index contributed by atoms with van der Waals surface area (Å²) in [6, 6.07) is 5.58. The largest absolute Gasteiger partial charge is 0.486 e. The molecule has 2 N–H and O–H groups in total. The number of H-pyrrole nitrogens is 1. The van der Waals surface area contributed by atoms with Crippen LogP contribution in [0.4, 0.5) is 0 Å². The number of likely N-dealkylation sites (N-methyl/N-ethyl adjacent to an activating group) is 1. The van der Waals surface area contributed by atoms with Gasteiger partial charge in [-0.15, -0.1) is 0 Å². The van der Waals surface area contributed by atoms with Crippen LogP contribution >= 0.6 is 0 Å². The summed E-state index contributed by atoms with van der Waals surface area (Å²) in [6.45, 7) is 9.29. The Bertz CT molecular complexity index is 918. The molecule has 2 aromatic rings. The van der Waals surface area contributed by atoms with Gasteiger partial charge >= 0.3 is 5.97 Å². The molecule has 7 heteroatoms. The predicted octanol–water partition coefficient (Wildman–Crippen LogP) is 1.87. The number of rotatable bonds is 7. The monoisotopic (exact) mass is 401 g/mol. The van der Waals surface area contributed by atoms with Crippen LogP contribution in [0.15, 0.2) is 18.2 Å². The maximum Gasteiger partial charge on any atom is 0.340 e. The Morgan fingerprint density at radius 3 is 2.59 bits per heavy atom. The Morgan fingerprint density at radius 2 is 1.90 bits per heavy atom. The van der Waals surface area contributed by atoms with Gasteiger partial charge in [0.15, 0.2) is 17.5 Å². The van der Waals surface area contributed by atoms with Gasteiger partial charge in [0, 0.05) is 11.3 Å². The van der Waals surface area contributed by atoms with E-state index in [4.69, 9.17) is 14.2 Å². The van der Waals surface area contributed by atoms with Crippen LogP contribution in [-0.2, 0) is 11.3 Å². The van der Waals surface area contributed by atoms with Crippen LogP contribution < -0.4 is 14.4 Å². The van der Waals surface area contributed by atoms with Gasteiger partial charge in [0.25, 0.3) is 0 Å². The maximum absolute atomic E-state index is 13.1. The molecule has 0 amide bonds. The molecule has 0 radical (unpaired) electrons. The van der Waals surface area contributed by atoms with Crippen molar-refractivity contribution in [2.75, 3.05) is 26.9 Å². The number of hydrogen-bond donors (Lipinski definition) is 2. The molecular formula is C22H29N2O5+. The molecule has 1 unspecified atom stereocenters. The van der Waals surface area contributed by atoms with E-state index in [2.05, 4.69) is 4.98 Å². The Morgan fingerprint density at radius 1 is 1.21 bits per heavy atom. The summed E-state index contributed by atoms with van der Waals surface area (Å²) >= 11 is 0. The normalized spacial score (nSPS) is 14.9. The number of aromatic nitrogens is 1. The highest BCUT2D eigenvalue weighted by Crippen LogP contribution is 2.30. The number of carbonyl (C=O) groups is 2. The van der Waals surface area contributed by atoms with Crippen molar-refractivity contribution in [1.29, 1.82) is 0 Å². The fourth-order valence-corrected chi connectivity index (χ4v) is 3.62. The van der Waals surface area contributed by atoms with Gasteiger partial charge in [-0.05, 0) is 51.5 Å². The molecule has 7 nitrogen and oxygen atoms in total. The highest BCUT2D eigenvalue weighted by Gasteiger charge is 2.29. The quantitative estimate of drug-likeness (QED) is 0.547. The number of aromatic amines is 1. The van der Waals surface area contributed by atoms with Crippen molar-refractivity contribution < 1.29 is 28.7 Å². The van der Waals surface area contributed by atoms with Crippen LogP contribution in [0, 0.1) is 13.8 Å². The minimum Gasteiger partial charge on any atom is -0.486 e. The van der Waals surface area contributed by atoms with E-state index in [9.17, 15) is 9.59 Å². The molecule has 0 saturated heterocycles. The molecule has 1 aromatic carbocycles. The number of fused-ring (bicyclic) bond motifs is 1. The number of ketones is 1. The molecular weight excluding hydrogens is 372 g/mol. The molecule has 0 saturated carbocycles. The summed E-state index contributed by atoms with van der Waals surface area (Å²) < 4.78 is 16.3. The zero-order chi connectivity index (χ0) is 21.1. The van der Waals surface area contributed by atoms with Crippen LogP contribution in [0.5, 0.6) is 11.5 Å². The second kappa shape index (κ2) is 8.69. The molecule has 0 aliphatic carbocycles. The minimum absolute atomic E-state index is 0.0313. The first-order valence-electron chi connectivity index (χ1n) is 9.94.